The highest BCUT2D eigenvalue weighted by atomic mass is 127. The number of nitrogens with zero attached hydrogens (tertiary/aromatic N) is 1. The minimum absolute atomic E-state index is 0.0319. The van der Waals surface area contributed by atoms with Crippen LogP contribution in [0.2, 0.25) is 0 Å². The number of nitrogens with two attached hydrogens (primary N) is 1. The largest absolute Gasteiger partial charge is 0.493 e. The van der Waals surface area contributed by atoms with Crippen molar-refractivity contribution >= 4 is 28.5 Å². The second kappa shape index (κ2) is 4.69. The summed E-state index contributed by atoms with van der Waals surface area (Å²) in [5.74, 6) is -0.881. The first-order chi connectivity index (χ1) is 6.97. The Labute approximate surface area is 98.0 Å². The summed E-state index contributed by atoms with van der Waals surface area (Å²) >= 11 is 1.70. The van der Waals surface area contributed by atoms with Gasteiger partial charge in [0, 0.05) is 0 Å². The topological polar surface area (TPSA) is 65.2 Å². The molecule has 0 aliphatic rings. The molecule has 82 valence electrons. The van der Waals surface area contributed by atoms with Crippen molar-refractivity contribution in [3.05, 3.63) is 21.0 Å². The molecule has 0 saturated carbocycles. The summed E-state index contributed by atoms with van der Waals surface area (Å²) < 4.78 is 30.1. The molecule has 2 N–H and O–H groups in total. The Morgan fingerprint density at radius 2 is 2.27 bits per heavy atom. The molecule has 0 aromatic carbocycles. The average molecular weight is 328 g/mol. The van der Waals surface area contributed by atoms with Crippen LogP contribution in [0.25, 0.3) is 0 Å². The van der Waals surface area contributed by atoms with Gasteiger partial charge in [-0.25, -0.2) is 13.8 Å². The fraction of sp³-hybridized carbons (Fsp3) is 0.250. The molecule has 0 atom stereocenters. The van der Waals surface area contributed by atoms with Gasteiger partial charge < -0.3 is 10.5 Å². The Kier molecular flexibility index (Phi) is 3.77. The second-order valence-electron chi connectivity index (χ2n) is 2.59. The number of carbonyl (C=O) groups excluding carboxylic acids is 1. The zero-order valence-corrected chi connectivity index (χ0v) is 9.79. The Morgan fingerprint density at radius 1 is 1.67 bits per heavy atom. The van der Waals surface area contributed by atoms with Crippen LogP contribution in [0.1, 0.15) is 22.5 Å². The van der Waals surface area contributed by atoms with Gasteiger partial charge in [0.1, 0.15) is 9.39 Å². The van der Waals surface area contributed by atoms with Gasteiger partial charge in [0.2, 0.25) is 0 Å². The maximum atomic E-state index is 12.6. The molecule has 0 fully saturated rings. The summed E-state index contributed by atoms with van der Waals surface area (Å²) in [6.45, 7) is 0. The Balaban J connectivity index is 3.38. The lowest BCUT2D eigenvalue weighted by atomic mass is 10.2. The van der Waals surface area contributed by atoms with Gasteiger partial charge >= 0.3 is 0 Å². The molecule has 0 bridgehead atoms. The summed E-state index contributed by atoms with van der Waals surface area (Å²) in [7, 11) is 1.26. The van der Waals surface area contributed by atoms with E-state index in [9.17, 15) is 13.6 Å². The van der Waals surface area contributed by atoms with E-state index in [-0.39, 0.29) is 20.7 Å². The van der Waals surface area contributed by atoms with Crippen molar-refractivity contribution in [2.45, 2.75) is 6.43 Å². The number of amides is 1. The number of pyridine rings is 1. The summed E-state index contributed by atoms with van der Waals surface area (Å²) in [6, 6.07) is 0.938. The van der Waals surface area contributed by atoms with Crippen molar-refractivity contribution in [3.8, 4) is 5.75 Å². The Bertz CT molecular complexity index is 398. The van der Waals surface area contributed by atoms with Crippen LogP contribution in [-0.2, 0) is 0 Å². The van der Waals surface area contributed by atoms with E-state index in [1.165, 1.54) is 7.11 Å². The number of alkyl halides is 2. The van der Waals surface area contributed by atoms with E-state index in [1.54, 1.807) is 22.6 Å². The molecule has 15 heavy (non-hydrogen) atoms. The van der Waals surface area contributed by atoms with Gasteiger partial charge in [-0.1, -0.05) is 0 Å². The number of aromatic nitrogens is 1. The van der Waals surface area contributed by atoms with Crippen molar-refractivity contribution in [3.63, 3.8) is 0 Å². The van der Waals surface area contributed by atoms with Crippen molar-refractivity contribution in [2.75, 3.05) is 7.11 Å². The minimum atomic E-state index is -2.74. The van der Waals surface area contributed by atoms with E-state index in [2.05, 4.69) is 4.98 Å². The fourth-order valence-electron chi connectivity index (χ4n) is 1.01. The maximum Gasteiger partial charge on any atom is 0.267 e. The molecule has 1 aromatic heterocycles. The van der Waals surface area contributed by atoms with Crippen LogP contribution < -0.4 is 10.5 Å². The lowest BCUT2D eigenvalue weighted by Gasteiger charge is -2.10. The van der Waals surface area contributed by atoms with E-state index in [0.29, 0.717) is 0 Å². The van der Waals surface area contributed by atoms with Crippen LogP contribution >= 0.6 is 22.6 Å². The molecule has 0 saturated heterocycles. The average Bonchev–Trinajstić information content (AvgIpc) is 2.16. The number of carbonyl (C=O) groups is 1. The molecule has 1 heterocycles. The van der Waals surface area contributed by atoms with Crippen LogP contribution in [0.15, 0.2) is 6.07 Å². The molecule has 1 rings (SSSR count). The summed E-state index contributed by atoms with van der Waals surface area (Å²) in [6.07, 6.45) is -2.74. The summed E-state index contributed by atoms with van der Waals surface area (Å²) in [5.41, 5.74) is 4.37. The Morgan fingerprint density at radius 3 is 2.67 bits per heavy atom. The first-order valence-electron chi connectivity index (χ1n) is 3.79. The van der Waals surface area contributed by atoms with Gasteiger partial charge in [-0.3, -0.25) is 4.79 Å². The van der Waals surface area contributed by atoms with E-state index < -0.39 is 12.3 Å². The van der Waals surface area contributed by atoms with Crippen LogP contribution in [0.4, 0.5) is 8.78 Å². The third kappa shape index (κ3) is 2.52. The molecular weight excluding hydrogens is 321 g/mol. The number of ether oxygens (including phenoxy) is 1. The normalized spacial score (nSPS) is 10.5. The molecule has 0 aliphatic heterocycles. The number of hydrogen-bond donors (Lipinski definition) is 1. The molecule has 7 heteroatoms. The van der Waals surface area contributed by atoms with Gasteiger partial charge in [-0.2, -0.15) is 0 Å². The molecular formula is C8H7F2IN2O2. The lowest BCUT2D eigenvalue weighted by Crippen LogP contribution is -2.15. The van der Waals surface area contributed by atoms with Gasteiger partial charge in [-0.15, -0.1) is 0 Å². The molecule has 4 nitrogen and oxygen atoms in total. The van der Waals surface area contributed by atoms with Gasteiger partial charge in [0.05, 0.1) is 12.7 Å². The standard InChI is InChI=1S/C8H7F2IN2O2/c1-15-5-3(6(9)10)2-4(8(12)14)13-7(5)11/h2,6H,1H3,(H2,12,14). The maximum absolute atomic E-state index is 12.6. The predicted octanol–water partition coefficient (Wildman–Crippen LogP) is 1.73. The molecule has 0 spiro atoms. The molecule has 0 radical (unpaired) electrons. The first kappa shape index (κ1) is 12.1. The van der Waals surface area contributed by atoms with Gasteiger partial charge in [-0.05, 0) is 28.7 Å². The fourth-order valence-corrected chi connectivity index (χ4v) is 1.80. The molecule has 1 aromatic rings. The van der Waals surface area contributed by atoms with Gasteiger partial charge in [0.15, 0.2) is 5.75 Å². The van der Waals surface area contributed by atoms with Crippen molar-refractivity contribution in [1.82, 2.24) is 4.98 Å². The summed E-state index contributed by atoms with van der Waals surface area (Å²) in [4.78, 5) is 14.5. The quantitative estimate of drug-likeness (QED) is 0.679. The van der Waals surface area contributed by atoms with E-state index >= 15 is 0 Å². The van der Waals surface area contributed by atoms with E-state index in [1.807, 2.05) is 0 Å². The minimum Gasteiger partial charge on any atom is -0.493 e. The number of rotatable bonds is 3. The third-order valence-corrected chi connectivity index (χ3v) is 2.38. The highest BCUT2D eigenvalue weighted by Gasteiger charge is 2.20. The third-order valence-electron chi connectivity index (χ3n) is 1.65. The molecule has 0 unspecified atom stereocenters. The molecule has 1 amide bonds. The smallest absolute Gasteiger partial charge is 0.267 e. The van der Waals surface area contributed by atoms with Crippen molar-refractivity contribution < 1.29 is 18.3 Å². The highest BCUT2D eigenvalue weighted by Crippen LogP contribution is 2.32. The zero-order valence-electron chi connectivity index (χ0n) is 7.63. The van der Waals surface area contributed by atoms with E-state index in [4.69, 9.17) is 10.5 Å². The van der Waals surface area contributed by atoms with Crippen LogP contribution in [0.3, 0.4) is 0 Å². The van der Waals surface area contributed by atoms with Crippen LogP contribution in [0.5, 0.6) is 5.75 Å². The van der Waals surface area contributed by atoms with Crippen molar-refractivity contribution in [1.29, 1.82) is 0 Å². The number of methoxy groups -OCH3 is 1. The zero-order chi connectivity index (χ0) is 11.6. The summed E-state index contributed by atoms with van der Waals surface area (Å²) in [5, 5.41) is 0. The van der Waals surface area contributed by atoms with Crippen molar-refractivity contribution in [2.24, 2.45) is 5.73 Å². The monoisotopic (exact) mass is 328 g/mol. The van der Waals surface area contributed by atoms with Gasteiger partial charge in [0.25, 0.3) is 12.3 Å². The SMILES string of the molecule is COc1c(C(F)F)cc(C(N)=O)nc1I. The Hall–Kier alpha value is -0.990. The van der Waals surface area contributed by atoms with Crippen LogP contribution in [-0.4, -0.2) is 18.0 Å². The molecule has 0 aliphatic carbocycles. The number of hydrogen-bond acceptors (Lipinski definition) is 3. The van der Waals surface area contributed by atoms with Crippen LogP contribution in [0, 0.1) is 3.70 Å². The predicted molar refractivity (Wildman–Crippen MR) is 57.0 cm³/mol. The second-order valence-corrected chi connectivity index (χ2v) is 3.61. The highest BCUT2D eigenvalue weighted by molar-refractivity contribution is 14.1. The van der Waals surface area contributed by atoms with E-state index in [0.717, 1.165) is 6.07 Å². The number of primary amides is 1. The first-order valence-corrected chi connectivity index (χ1v) is 4.87. The number of halogens is 3. The lowest BCUT2D eigenvalue weighted by molar-refractivity contribution is 0.0994.